The number of amides is 1. The van der Waals surface area contributed by atoms with Gasteiger partial charge in [0.2, 0.25) is 5.91 Å². The Morgan fingerprint density at radius 3 is 2.92 bits per heavy atom. The van der Waals surface area contributed by atoms with E-state index in [9.17, 15) is 4.79 Å². The van der Waals surface area contributed by atoms with Crippen LogP contribution in [0.3, 0.4) is 0 Å². The molecule has 0 radical (unpaired) electrons. The molecule has 5 heteroatoms. The molecule has 126 valence electrons. The molecule has 24 heavy (non-hydrogen) atoms. The van der Waals surface area contributed by atoms with Crippen LogP contribution in [0.15, 0.2) is 18.2 Å². The summed E-state index contributed by atoms with van der Waals surface area (Å²) in [6.45, 7) is 6.35. The molecule has 0 N–H and O–H groups in total. The molecule has 1 amide bonds. The topological polar surface area (TPSA) is 47.4 Å². The van der Waals surface area contributed by atoms with Gasteiger partial charge in [-0.1, -0.05) is 6.07 Å². The fourth-order valence-electron chi connectivity index (χ4n) is 3.98. The largest absolute Gasteiger partial charge is 0.497 e. The van der Waals surface area contributed by atoms with Gasteiger partial charge in [-0.2, -0.15) is 0 Å². The third kappa shape index (κ3) is 2.30. The number of nitrogens with zero attached hydrogens (tertiary/aromatic N) is 3. The van der Waals surface area contributed by atoms with Crippen LogP contribution in [0.4, 0.5) is 0 Å². The monoisotopic (exact) mass is 325 g/mol. The van der Waals surface area contributed by atoms with Crippen molar-refractivity contribution in [1.82, 2.24) is 14.5 Å². The lowest BCUT2D eigenvalue weighted by atomic mass is 9.99. The molecule has 0 spiro atoms. The molecule has 5 nitrogen and oxygen atoms in total. The van der Waals surface area contributed by atoms with E-state index in [2.05, 4.69) is 22.5 Å². The maximum Gasteiger partial charge on any atom is 0.230 e. The number of aromatic nitrogens is 2. The van der Waals surface area contributed by atoms with Gasteiger partial charge >= 0.3 is 0 Å². The van der Waals surface area contributed by atoms with Crippen molar-refractivity contribution in [2.45, 2.75) is 45.7 Å². The number of aryl methyl sites for hydroxylation is 2. The zero-order valence-corrected chi connectivity index (χ0v) is 14.5. The summed E-state index contributed by atoms with van der Waals surface area (Å²) in [4.78, 5) is 19.7. The van der Waals surface area contributed by atoms with Crippen LogP contribution in [0.25, 0.3) is 0 Å². The first-order chi connectivity index (χ1) is 11.6. The van der Waals surface area contributed by atoms with E-state index in [0.29, 0.717) is 6.54 Å². The average Bonchev–Trinajstić information content (AvgIpc) is 3.14. The Balaban J connectivity index is 1.58. The van der Waals surface area contributed by atoms with Crippen molar-refractivity contribution in [3.63, 3.8) is 0 Å². The molecule has 2 heterocycles. The molecule has 0 fully saturated rings. The van der Waals surface area contributed by atoms with E-state index in [1.54, 1.807) is 7.11 Å². The average molecular weight is 325 g/mol. The number of carbonyl (C=O) groups excluding carboxylic acids is 1. The van der Waals surface area contributed by atoms with Gasteiger partial charge < -0.3 is 14.2 Å². The first kappa shape index (κ1) is 15.2. The van der Waals surface area contributed by atoms with Gasteiger partial charge in [0.1, 0.15) is 11.6 Å². The number of fused-ring (bicyclic) bond motifs is 2. The molecule has 1 aromatic carbocycles. The summed E-state index contributed by atoms with van der Waals surface area (Å²) in [5.41, 5.74) is 4.70. The SMILES string of the molecule is COc1ccc2c(c1)C(C(=O)N1CCn3c(nc(C)c3C)C1)CC2. The minimum Gasteiger partial charge on any atom is -0.497 e. The lowest BCUT2D eigenvalue weighted by Gasteiger charge is -2.30. The highest BCUT2D eigenvalue weighted by atomic mass is 16.5. The third-order valence-corrected chi connectivity index (χ3v) is 5.50. The second-order valence-electron chi connectivity index (χ2n) is 6.77. The van der Waals surface area contributed by atoms with Crippen molar-refractivity contribution in [2.75, 3.05) is 13.7 Å². The van der Waals surface area contributed by atoms with Crippen LogP contribution >= 0.6 is 0 Å². The van der Waals surface area contributed by atoms with Crippen LogP contribution < -0.4 is 4.74 Å². The normalized spacial score (nSPS) is 19.1. The third-order valence-electron chi connectivity index (χ3n) is 5.50. The quantitative estimate of drug-likeness (QED) is 0.852. The maximum atomic E-state index is 13.1. The highest BCUT2D eigenvalue weighted by Gasteiger charge is 2.34. The first-order valence-corrected chi connectivity index (χ1v) is 8.56. The molecule has 1 unspecified atom stereocenters. The van der Waals surface area contributed by atoms with Gasteiger partial charge in [0.05, 0.1) is 25.3 Å². The molecule has 1 aliphatic heterocycles. The Hall–Kier alpha value is -2.30. The molecule has 1 aromatic heterocycles. The number of carbonyl (C=O) groups is 1. The molecule has 0 saturated carbocycles. The van der Waals surface area contributed by atoms with Crippen LogP contribution in [0.5, 0.6) is 5.75 Å². The zero-order chi connectivity index (χ0) is 16.8. The van der Waals surface area contributed by atoms with E-state index >= 15 is 0 Å². The van der Waals surface area contributed by atoms with Crippen LogP contribution in [0.1, 0.15) is 40.7 Å². The first-order valence-electron chi connectivity index (χ1n) is 8.56. The number of methoxy groups -OCH3 is 1. The van der Waals surface area contributed by atoms with Gasteiger partial charge in [-0.25, -0.2) is 4.98 Å². The highest BCUT2D eigenvalue weighted by Crippen LogP contribution is 2.37. The van der Waals surface area contributed by atoms with Crippen molar-refractivity contribution in [3.05, 3.63) is 46.5 Å². The predicted molar refractivity (Wildman–Crippen MR) is 91.2 cm³/mol. The van der Waals surface area contributed by atoms with Crippen molar-refractivity contribution in [2.24, 2.45) is 0 Å². The molecule has 1 atom stereocenters. The predicted octanol–water partition coefficient (Wildman–Crippen LogP) is 2.58. The number of hydrogen-bond donors (Lipinski definition) is 0. The minimum atomic E-state index is -0.0428. The summed E-state index contributed by atoms with van der Waals surface area (Å²) in [5, 5.41) is 0. The van der Waals surface area contributed by atoms with Crippen LogP contribution in [0, 0.1) is 13.8 Å². The molecular formula is C19H23N3O2. The standard InChI is InChI=1S/C19H23N3O2/c1-12-13(2)22-9-8-21(11-18(22)20-12)19(23)16-7-5-14-4-6-15(24-3)10-17(14)16/h4,6,10,16H,5,7-9,11H2,1-3H3. The van der Waals surface area contributed by atoms with Crippen LogP contribution in [0.2, 0.25) is 0 Å². The van der Waals surface area contributed by atoms with Gasteiger partial charge in [-0.15, -0.1) is 0 Å². The van der Waals surface area contributed by atoms with Crippen molar-refractivity contribution in [3.8, 4) is 5.75 Å². The fraction of sp³-hybridized carbons (Fsp3) is 0.474. The van der Waals surface area contributed by atoms with E-state index < -0.39 is 0 Å². The Labute approximate surface area is 142 Å². The molecule has 0 bridgehead atoms. The van der Waals surface area contributed by atoms with Crippen molar-refractivity contribution < 1.29 is 9.53 Å². The highest BCUT2D eigenvalue weighted by molar-refractivity contribution is 5.85. The van der Waals surface area contributed by atoms with Gasteiger partial charge in [0, 0.05) is 18.8 Å². The molecule has 2 aliphatic rings. The zero-order valence-electron chi connectivity index (χ0n) is 14.5. The number of benzene rings is 1. The summed E-state index contributed by atoms with van der Waals surface area (Å²) >= 11 is 0. The van der Waals surface area contributed by atoms with E-state index in [1.165, 1.54) is 11.3 Å². The van der Waals surface area contributed by atoms with Gasteiger partial charge in [-0.3, -0.25) is 4.79 Å². The molecule has 2 aromatic rings. The molecule has 0 saturated heterocycles. The van der Waals surface area contributed by atoms with Crippen LogP contribution in [-0.2, 0) is 24.3 Å². The Bertz CT molecular complexity index is 809. The van der Waals surface area contributed by atoms with E-state index in [0.717, 1.165) is 48.8 Å². The number of imidazole rings is 1. The Kier molecular flexibility index (Phi) is 3.59. The smallest absolute Gasteiger partial charge is 0.230 e. The minimum absolute atomic E-state index is 0.0428. The lowest BCUT2D eigenvalue weighted by Crippen LogP contribution is -2.40. The molecule has 1 aliphatic carbocycles. The Morgan fingerprint density at radius 2 is 2.12 bits per heavy atom. The summed E-state index contributed by atoms with van der Waals surface area (Å²) in [7, 11) is 1.67. The van der Waals surface area contributed by atoms with E-state index in [1.807, 2.05) is 24.0 Å². The summed E-state index contributed by atoms with van der Waals surface area (Å²) in [6.07, 6.45) is 1.86. The van der Waals surface area contributed by atoms with E-state index in [4.69, 9.17) is 4.74 Å². The second-order valence-corrected chi connectivity index (χ2v) is 6.77. The van der Waals surface area contributed by atoms with E-state index in [-0.39, 0.29) is 11.8 Å². The summed E-state index contributed by atoms with van der Waals surface area (Å²) < 4.78 is 7.58. The van der Waals surface area contributed by atoms with Crippen molar-refractivity contribution in [1.29, 1.82) is 0 Å². The summed E-state index contributed by atoms with van der Waals surface area (Å²) in [5.74, 6) is 2.02. The molecule has 4 rings (SSSR count). The lowest BCUT2D eigenvalue weighted by molar-refractivity contribution is -0.134. The van der Waals surface area contributed by atoms with Crippen molar-refractivity contribution >= 4 is 5.91 Å². The maximum absolute atomic E-state index is 13.1. The number of ether oxygens (including phenoxy) is 1. The van der Waals surface area contributed by atoms with Gasteiger partial charge in [-0.05, 0) is 49.9 Å². The molecular weight excluding hydrogens is 302 g/mol. The second kappa shape index (κ2) is 5.65. The van der Waals surface area contributed by atoms with Crippen LogP contribution in [-0.4, -0.2) is 34.0 Å². The number of hydrogen-bond acceptors (Lipinski definition) is 3. The van der Waals surface area contributed by atoms with Gasteiger partial charge in [0.15, 0.2) is 0 Å². The fourth-order valence-corrected chi connectivity index (χ4v) is 3.98. The summed E-state index contributed by atoms with van der Waals surface area (Å²) in [6, 6.07) is 6.11. The Morgan fingerprint density at radius 1 is 1.29 bits per heavy atom. The van der Waals surface area contributed by atoms with Gasteiger partial charge in [0.25, 0.3) is 0 Å². The number of rotatable bonds is 2.